The zero-order valence-electron chi connectivity index (χ0n) is 9.07. The van der Waals surface area contributed by atoms with Gasteiger partial charge in [0.15, 0.2) is 0 Å². The Kier molecular flexibility index (Phi) is 3.50. The maximum Gasteiger partial charge on any atom is 0.331 e. The molecule has 0 saturated heterocycles. The summed E-state index contributed by atoms with van der Waals surface area (Å²) in [7, 11) is 0. The van der Waals surface area contributed by atoms with Gasteiger partial charge in [0.1, 0.15) is 0 Å². The Bertz CT molecular complexity index is 600. The number of thiazole rings is 1. The minimum absolute atomic E-state index is 0.237. The van der Waals surface area contributed by atoms with E-state index in [0.29, 0.717) is 6.54 Å². The quantitative estimate of drug-likeness (QED) is 0.793. The van der Waals surface area contributed by atoms with Crippen LogP contribution in [0.4, 0.5) is 0 Å². The summed E-state index contributed by atoms with van der Waals surface area (Å²) in [6.07, 6.45) is 3.20. The molecule has 0 aromatic carbocycles. The van der Waals surface area contributed by atoms with Crippen LogP contribution in [-0.2, 0) is 13.1 Å². The minimum atomic E-state index is -0.337. The van der Waals surface area contributed by atoms with Gasteiger partial charge in [-0.15, -0.1) is 11.3 Å². The van der Waals surface area contributed by atoms with Gasteiger partial charge in [0, 0.05) is 36.4 Å². The van der Waals surface area contributed by atoms with Gasteiger partial charge in [0.05, 0.1) is 12.1 Å². The molecule has 2 aromatic rings. The molecule has 0 saturated carbocycles. The number of nitrogens with two attached hydrogens (primary N) is 1. The molecule has 2 aromatic heterocycles. The molecule has 2 rings (SSSR count). The summed E-state index contributed by atoms with van der Waals surface area (Å²) in [4.78, 5) is 28.3. The lowest BCUT2D eigenvalue weighted by Gasteiger charge is -2.07. The first-order valence-corrected chi connectivity index (χ1v) is 5.98. The fourth-order valence-corrected chi connectivity index (χ4v) is 2.09. The lowest BCUT2D eigenvalue weighted by molar-refractivity contribution is 0.581. The molecule has 0 aliphatic heterocycles. The second-order valence-corrected chi connectivity index (χ2v) is 4.44. The second-order valence-electron chi connectivity index (χ2n) is 3.47. The van der Waals surface area contributed by atoms with Crippen molar-refractivity contribution in [2.45, 2.75) is 13.1 Å². The van der Waals surface area contributed by atoms with E-state index in [0.717, 1.165) is 9.44 Å². The molecule has 7 heteroatoms. The molecular formula is C10H12N4O2S. The maximum atomic E-state index is 12.0. The van der Waals surface area contributed by atoms with Crippen LogP contribution in [0.5, 0.6) is 0 Å². The molecule has 0 fully saturated rings. The van der Waals surface area contributed by atoms with Gasteiger partial charge in [-0.3, -0.25) is 18.9 Å². The highest BCUT2D eigenvalue weighted by Crippen LogP contribution is 2.05. The van der Waals surface area contributed by atoms with Crippen molar-refractivity contribution >= 4 is 11.3 Å². The summed E-state index contributed by atoms with van der Waals surface area (Å²) in [5.74, 6) is 0. The van der Waals surface area contributed by atoms with Crippen LogP contribution in [0, 0.1) is 0 Å². The van der Waals surface area contributed by atoms with Gasteiger partial charge in [-0.1, -0.05) is 0 Å². The molecule has 0 radical (unpaired) electrons. The number of aromatic nitrogens is 3. The highest BCUT2D eigenvalue weighted by atomic mass is 32.1. The van der Waals surface area contributed by atoms with E-state index in [2.05, 4.69) is 4.98 Å². The Morgan fingerprint density at radius 1 is 1.41 bits per heavy atom. The lowest BCUT2D eigenvalue weighted by Crippen LogP contribution is -2.40. The summed E-state index contributed by atoms with van der Waals surface area (Å²) < 4.78 is 2.62. The summed E-state index contributed by atoms with van der Waals surface area (Å²) >= 11 is 1.47. The van der Waals surface area contributed by atoms with E-state index in [9.17, 15) is 9.59 Å². The lowest BCUT2D eigenvalue weighted by atomic mass is 10.5. The predicted octanol–water partition coefficient (Wildman–Crippen LogP) is -0.526. The predicted molar refractivity (Wildman–Crippen MR) is 65.2 cm³/mol. The van der Waals surface area contributed by atoms with Gasteiger partial charge in [-0.05, 0) is 0 Å². The fourth-order valence-electron chi connectivity index (χ4n) is 1.50. The van der Waals surface area contributed by atoms with Crippen molar-refractivity contribution in [2.24, 2.45) is 5.73 Å². The third-order valence-corrected chi connectivity index (χ3v) is 3.07. The van der Waals surface area contributed by atoms with Crippen LogP contribution < -0.4 is 17.0 Å². The van der Waals surface area contributed by atoms with E-state index < -0.39 is 0 Å². The third-order valence-electron chi connectivity index (χ3n) is 2.30. The van der Waals surface area contributed by atoms with Crippen LogP contribution in [0.1, 0.15) is 4.88 Å². The summed E-state index contributed by atoms with van der Waals surface area (Å²) in [5.41, 5.74) is 6.42. The first kappa shape index (κ1) is 11.7. The zero-order chi connectivity index (χ0) is 12.3. The van der Waals surface area contributed by atoms with Crippen molar-refractivity contribution in [3.63, 3.8) is 0 Å². The monoisotopic (exact) mass is 252 g/mol. The van der Waals surface area contributed by atoms with Crippen molar-refractivity contribution in [1.82, 2.24) is 14.1 Å². The molecule has 0 atom stereocenters. The van der Waals surface area contributed by atoms with Crippen LogP contribution in [0.2, 0.25) is 0 Å². The first-order valence-electron chi connectivity index (χ1n) is 5.10. The smallest absolute Gasteiger partial charge is 0.329 e. The van der Waals surface area contributed by atoms with E-state index in [1.165, 1.54) is 28.2 Å². The molecule has 0 spiro atoms. The van der Waals surface area contributed by atoms with Crippen LogP contribution in [0.25, 0.3) is 0 Å². The van der Waals surface area contributed by atoms with E-state index >= 15 is 0 Å². The summed E-state index contributed by atoms with van der Waals surface area (Å²) in [5, 5.41) is 0. The third kappa shape index (κ3) is 2.51. The molecule has 6 nitrogen and oxygen atoms in total. The highest BCUT2D eigenvalue weighted by Gasteiger charge is 2.05. The number of nitrogens with zero attached hydrogens (tertiary/aromatic N) is 3. The highest BCUT2D eigenvalue weighted by molar-refractivity contribution is 7.09. The Morgan fingerprint density at radius 3 is 2.88 bits per heavy atom. The van der Waals surface area contributed by atoms with Gasteiger partial charge >= 0.3 is 5.69 Å². The first-order chi connectivity index (χ1) is 8.22. The van der Waals surface area contributed by atoms with Gasteiger partial charge in [-0.25, -0.2) is 4.79 Å². The van der Waals surface area contributed by atoms with Crippen LogP contribution in [0.3, 0.4) is 0 Å². The number of hydrogen-bond donors (Lipinski definition) is 1. The number of rotatable bonds is 4. The van der Waals surface area contributed by atoms with Crippen molar-refractivity contribution in [3.05, 3.63) is 49.7 Å². The average molecular weight is 252 g/mol. The summed E-state index contributed by atoms with van der Waals surface area (Å²) in [6, 6.07) is 1.37. The Morgan fingerprint density at radius 2 is 2.24 bits per heavy atom. The van der Waals surface area contributed by atoms with Crippen molar-refractivity contribution in [3.8, 4) is 0 Å². The molecule has 2 heterocycles. The van der Waals surface area contributed by atoms with Crippen LogP contribution >= 0.6 is 11.3 Å². The van der Waals surface area contributed by atoms with Crippen molar-refractivity contribution in [2.75, 3.05) is 6.54 Å². The minimum Gasteiger partial charge on any atom is -0.329 e. The van der Waals surface area contributed by atoms with Crippen molar-refractivity contribution in [1.29, 1.82) is 0 Å². The molecule has 17 heavy (non-hydrogen) atoms. The zero-order valence-corrected chi connectivity index (χ0v) is 9.89. The topological polar surface area (TPSA) is 82.9 Å². The molecule has 90 valence electrons. The van der Waals surface area contributed by atoms with E-state index in [1.807, 2.05) is 0 Å². The van der Waals surface area contributed by atoms with Crippen molar-refractivity contribution < 1.29 is 0 Å². The Labute approximate surface area is 101 Å². The maximum absolute atomic E-state index is 12.0. The molecule has 0 amide bonds. The largest absolute Gasteiger partial charge is 0.331 e. The van der Waals surface area contributed by atoms with Gasteiger partial charge < -0.3 is 5.73 Å². The summed E-state index contributed by atoms with van der Waals surface area (Å²) in [6.45, 7) is 0.926. The van der Waals surface area contributed by atoms with Crippen LogP contribution in [0.15, 0.2) is 33.6 Å². The second kappa shape index (κ2) is 5.07. The molecular weight excluding hydrogens is 240 g/mol. The number of hydrogen-bond acceptors (Lipinski definition) is 5. The van der Waals surface area contributed by atoms with E-state index in [4.69, 9.17) is 5.73 Å². The fraction of sp³-hybridized carbons (Fsp3) is 0.300. The van der Waals surface area contributed by atoms with Crippen LogP contribution in [-0.4, -0.2) is 20.7 Å². The standard InChI is InChI=1S/C10H12N4O2S/c11-2-4-14-9(15)1-3-13(10(14)16)6-8-5-12-7-17-8/h1,3,5,7H,2,4,6,11H2. The Balaban J connectivity index is 2.39. The molecule has 0 aliphatic rings. The van der Waals surface area contributed by atoms with Gasteiger partial charge in [-0.2, -0.15) is 0 Å². The molecule has 0 bridgehead atoms. The molecule has 0 unspecified atom stereocenters. The van der Waals surface area contributed by atoms with Gasteiger partial charge in [0.25, 0.3) is 5.56 Å². The van der Waals surface area contributed by atoms with Gasteiger partial charge in [0.2, 0.25) is 0 Å². The SMILES string of the molecule is NCCn1c(=O)ccn(Cc2cncs2)c1=O. The molecule has 2 N–H and O–H groups in total. The van der Waals surface area contributed by atoms with E-state index in [1.54, 1.807) is 11.7 Å². The normalized spacial score (nSPS) is 10.6. The average Bonchev–Trinajstić information content (AvgIpc) is 2.81. The van der Waals surface area contributed by atoms with E-state index in [-0.39, 0.29) is 24.3 Å². The molecule has 0 aliphatic carbocycles. The Hall–Kier alpha value is -1.73.